The van der Waals surface area contributed by atoms with Gasteiger partial charge in [0.1, 0.15) is 5.72 Å². The molecule has 0 aromatic heterocycles. The molecule has 1 aliphatic heterocycles. The van der Waals surface area contributed by atoms with Gasteiger partial charge in [-0.25, -0.2) is 0 Å². The summed E-state index contributed by atoms with van der Waals surface area (Å²) in [5.74, 6) is 0. The Morgan fingerprint density at radius 3 is 2.50 bits per heavy atom. The number of hydrogen-bond acceptors (Lipinski definition) is 2. The summed E-state index contributed by atoms with van der Waals surface area (Å²) in [7, 11) is 0. The van der Waals surface area contributed by atoms with Gasteiger partial charge in [0.2, 0.25) is 0 Å². The minimum atomic E-state index is -0.786. The van der Waals surface area contributed by atoms with Crippen LogP contribution in [0.2, 0.25) is 0 Å². The third-order valence-corrected chi connectivity index (χ3v) is 2.91. The first-order valence-corrected chi connectivity index (χ1v) is 5.25. The van der Waals surface area contributed by atoms with Crippen molar-refractivity contribution in [3.8, 4) is 0 Å². The van der Waals surface area contributed by atoms with E-state index in [9.17, 15) is 5.11 Å². The summed E-state index contributed by atoms with van der Waals surface area (Å²) in [5, 5.41) is 13.5. The van der Waals surface area contributed by atoms with Crippen LogP contribution >= 0.6 is 0 Å². The molecule has 2 nitrogen and oxygen atoms in total. The van der Waals surface area contributed by atoms with E-state index in [0.29, 0.717) is 0 Å². The number of benzene rings is 1. The minimum Gasteiger partial charge on any atom is -0.372 e. The largest absolute Gasteiger partial charge is 0.372 e. The fourth-order valence-electron chi connectivity index (χ4n) is 1.97. The van der Waals surface area contributed by atoms with Gasteiger partial charge in [0.25, 0.3) is 0 Å². The number of piperidine rings is 1. The lowest BCUT2D eigenvalue weighted by Gasteiger charge is -2.33. The van der Waals surface area contributed by atoms with E-state index in [-0.39, 0.29) is 0 Å². The van der Waals surface area contributed by atoms with Crippen molar-refractivity contribution in [3.63, 3.8) is 0 Å². The van der Waals surface area contributed by atoms with E-state index >= 15 is 0 Å². The van der Waals surface area contributed by atoms with E-state index in [0.717, 1.165) is 31.4 Å². The van der Waals surface area contributed by atoms with Crippen molar-refractivity contribution in [1.29, 1.82) is 0 Å². The Morgan fingerprint density at radius 1 is 1.21 bits per heavy atom. The molecular formula is C12H17NO. The average molecular weight is 191 g/mol. The molecule has 0 amide bonds. The predicted molar refractivity (Wildman–Crippen MR) is 56.9 cm³/mol. The molecule has 0 aliphatic carbocycles. The maximum Gasteiger partial charge on any atom is 0.142 e. The molecule has 0 bridgehead atoms. The Hall–Kier alpha value is -0.860. The van der Waals surface area contributed by atoms with E-state index in [1.165, 1.54) is 5.56 Å². The first-order valence-electron chi connectivity index (χ1n) is 5.25. The normalized spacial score (nSPS) is 27.6. The van der Waals surface area contributed by atoms with Crippen LogP contribution in [0.3, 0.4) is 0 Å². The molecule has 76 valence electrons. The van der Waals surface area contributed by atoms with Crippen molar-refractivity contribution < 1.29 is 5.11 Å². The van der Waals surface area contributed by atoms with Crippen LogP contribution in [0.1, 0.15) is 30.4 Å². The molecule has 1 unspecified atom stereocenters. The van der Waals surface area contributed by atoms with Crippen LogP contribution in [0.25, 0.3) is 0 Å². The van der Waals surface area contributed by atoms with E-state index in [2.05, 4.69) is 12.2 Å². The van der Waals surface area contributed by atoms with Crippen molar-refractivity contribution in [3.05, 3.63) is 35.4 Å². The Balaban J connectivity index is 2.23. The molecule has 1 atom stereocenters. The van der Waals surface area contributed by atoms with Crippen LogP contribution in [-0.2, 0) is 5.72 Å². The zero-order valence-corrected chi connectivity index (χ0v) is 8.59. The molecule has 1 fully saturated rings. The van der Waals surface area contributed by atoms with Gasteiger partial charge in [-0.15, -0.1) is 0 Å². The van der Waals surface area contributed by atoms with Crippen LogP contribution in [0, 0.1) is 6.92 Å². The van der Waals surface area contributed by atoms with Gasteiger partial charge in [0.05, 0.1) is 0 Å². The summed E-state index contributed by atoms with van der Waals surface area (Å²) in [6, 6.07) is 8.11. The average Bonchev–Trinajstić information content (AvgIpc) is 2.19. The topological polar surface area (TPSA) is 32.3 Å². The van der Waals surface area contributed by atoms with Gasteiger partial charge < -0.3 is 5.11 Å². The molecular weight excluding hydrogens is 174 g/mol. The summed E-state index contributed by atoms with van der Waals surface area (Å²) >= 11 is 0. The first kappa shape index (κ1) is 9.69. The van der Waals surface area contributed by atoms with E-state index in [1.54, 1.807) is 0 Å². The standard InChI is InChI=1S/C12H17NO/c1-10-4-6-11(7-5-10)12(14)8-2-3-9-13-12/h4-7,13-14H,2-3,8-9H2,1H3. The molecule has 1 aromatic rings. The smallest absolute Gasteiger partial charge is 0.142 e. The van der Waals surface area contributed by atoms with Crippen molar-refractivity contribution in [1.82, 2.24) is 5.32 Å². The van der Waals surface area contributed by atoms with Crippen LogP contribution in [0.5, 0.6) is 0 Å². The highest BCUT2D eigenvalue weighted by Gasteiger charge is 2.30. The van der Waals surface area contributed by atoms with Gasteiger partial charge >= 0.3 is 0 Å². The Kier molecular flexibility index (Phi) is 2.57. The minimum absolute atomic E-state index is 0.786. The fraction of sp³-hybridized carbons (Fsp3) is 0.500. The molecule has 14 heavy (non-hydrogen) atoms. The lowest BCUT2D eigenvalue weighted by Crippen LogP contribution is -2.45. The summed E-state index contributed by atoms with van der Waals surface area (Å²) in [6.45, 7) is 2.96. The lowest BCUT2D eigenvalue weighted by molar-refractivity contribution is -0.0240. The van der Waals surface area contributed by atoms with Crippen molar-refractivity contribution in [2.45, 2.75) is 31.9 Å². The SMILES string of the molecule is Cc1ccc(C2(O)CCCCN2)cc1. The van der Waals surface area contributed by atoms with Crippen LogP contribution in [-0.4, -0.2) is 11.7 Å². The Morgan fingerprint density at radius 2 is 1.93 bits per heavy atom. The molecule has 1 saturated heterocycles. The summed E-state index contributed by atoms with van der Waals surface area (Å²) < 4.78 is 0. The fourth-order valence-corrected chi connectivity index (χ4v) is 1.97. The number of nitrogens with one attached hydrogen (secondary N) is 1. The second-order valence-electron chi connectivity index (χ2n) is 4.11. The highest BCUT2D eigenvalue weighted by molar-refractivity contribution is 5.26. The van der Waals surface area contributed by atoms with Gasteiger partial charge in [0.15, 0.2) is 0 Å². The Bertz CT molecular complexity index is 299. The molecule has 0 spiro atoms. The predicted octanol–water partition coefficient (Wildman–Crippen LogP) is 1.91. The third kappa shape index (κ3) is 1.81. The van der Waals surface area contributed by atoms with E-state index < -0.39 is 5.72 Å². The number of aryl methyl sites for hydroxylation is 1. The maximum absolute atomic E-state index is 10.3. The van der Waals surface area contributed by atoms with Crippen molar-refractivity contribution >= 4 is 0 Å². The van der Waals surface area contributed by atoms with Crippen molar-refractivity contribution in [2.24, 2.45) is 0 Å². The van der Waals surface area contributed by atoms with Crippen LogP contribution < -0.4 is 5.32 Å². The molecule has 1 aliphatic rings. The quantitative estimate of drug-likeness (QED) is 0.710. The summed E-state index contributed by atoms with van der Waals surface area (Å²) in [4.78, 5) is 0. The highest BCUT2D eigenvalue weighted by atomic mass is 16.3. The van der Waals surface area contributed by atoms with Crippen molar-refractivity contribution in [2.75, 3.05) is 6.54 Å². The molecule has 1 heterocycles. The lowest BCUT2D eigenvalue weighted by atomic mass is 9.93. The van der Waals surface area contributed by atoms with Gasteiger partial charge in [0, 0.05) is 0 Å². The summed E-state index contributed by atoms with van der Waals surface area (Å²) in [5.41, 5.74) is 1.43. The highest BCUT2D eigenvalue weighted by Crippen LogP contribution is 2.27. The third-order valence-electron chi connectivity index (χ3n) is 2.91. The van der Waals surface area contributed by atoms with Crippen LogP contribution in [0.4, 0.5) is 0 Å². The van der Waals surface area contributed by atoms with Gasteiger partial charge in [-0.2, -0.15) is 0 Å². The zero-order valence-electron chi connectivity index (χ0n) is 8.59. The summed E-state index contributed by atoms with van der Waals surface area (Å²) in [6.07, 6.45) is 3.07. The first-order chi connectivity index (χ1) is 6.71. The molecule has 2 heteroatoms. The molecule has 0 radical (unpaired) electrons. The molecule has 1 aromatic carbocycles. The van der Waals surface area contributed by atoms with Gasteiger partial charge in [-0.3, -0.25) is 5.32 Å². The van der Waals surface area contributed by atoms with E-state index in [1.807, 2.05) is 24.3 Å². The maximum atomic E-state index is 10.3. The monoisotopic (exact) mass is 191 g/mol. The zero-order chi connectivity index (χ0) is 10.0. The Labute approximate surface area is 85.0 Å². The molecule has 0 saturated carbocycles. The molecule has 2 N–H and O–H groups in total. The number of hydrogen-bond donors (Lipinski definition) is 2. The van der Waals surface area contributed by atoms with Crippen LogP contribution in [0.15, 0.2) is 24.3 Å². The van der Waals surface area contributed by atoms with Gasteiger partial charge in [-0.1, -0.05) is 29.8 Å². The second kappa shape index (κ2) is 3.71. The number of aliphatic hydroxyl groups is 1. The van der Waals surface area contributed by atoms with Gasteiger partial charge in [-0.05, 0) is 38.3 Å². The van der Waals surface area contributed by atoms with E-state index in [4.69, 9.17) is 0 Å². The second-order valence-corrected chi connectivity index (χ2v) is 4.11. The number of rotatable bonds is 1. The molecule has 2 rings (SSSR count).